The number of benzene rings is 2. The number of rotatable bonds is 9. The molecule has 2 atom stereocenters. The zero-order valence-electron chi connectivity index (χ0n) is 18.4. The Morgan fingerprint density at radius 1 is 1.06 bits per heavy atom. The summed E-state index contributed by atoms with van der Waals surface area (Å²) in [7, 11) is 0. The van der Waals surface area contributed by atoms with Gasteiger partial charge in [0.05, 0.1) is 6.61 Å². The van der Waals surface area contributed by atoms with Gasteiger partial charge in [0, 0.05) is 11.4 Å². The van der Waals surface area contributed by atoms with Gasteiger partial charge >= 0.3 is 11.9 Å². The van der Waals surface area contributed by atoms with Crippen LogP contribution in [0.5, 0.6) is 5.75 Å². The molecular weight excluding hydrogens is 424 g/mol. The van der Waals surface area contributed by atoms with Crippen molar-refractivity contribution >= 4 is 17.3 Å². The lowest BCUT2D eigenvalue weighted by molar-refractivity contribution is -0.183. The number of alkyl halides is 2. The minimum Gasteiger partial charge on any atom is -0.598 e. The molecule has 0 aromatic heterocycles. The van der Waals surface area contributed by atoms with E-state index >= 15 is 8.78 Å². The Kier molecular flexibility index (Phi) is 8.08. The summed E-state index contributed by atoms with van der Waals surface area (Å²) in [5.41, 5.74) is -1.34. The molecule has 8 heteroatoms. The van der Waals surface area contributed by atoms with Crippen LogP contribution in [-0.2, 0) is 33.0 Å². The van der Waals surface area contributed by atoms with Crippen molar-refractivity contribution in [2.24, 2.45) is 0 Å². The van der Waals surface area contributed by atoms with E-state index in [9.17, 15) is 9.35 Å². The topological polar surface area (TPSA) is 70.6 Å². The number of hydrogen-bond acceptors (Lipinski definition) is 5. The minimum atomic E-state index is -4.00. The van der Waals surface area contributed by atoms with E-state index in [1.807, 2.05) is 30.3 Å². The molecule has 0 heterocycles. The lowest BCUT2D eigenvalue weighted by Gasteiger charge is -2.38. The summed E-state index contributed by atoms with van der Waals surface area (Å²) in [6.07, 6.45) is 0. The summed E-state index contributed by atoms with van der Waals surface area (Å²) in [4.78, 5) is 12.2. The van der Waals surface area contributed by atoms with Gasteiger partial charge in [0.1, 0.15) is 17.1 Å². The molecule has 0 aliphatic heterocycles. The third kappa shape index (κ3) is 5.96. The second-order valence-electron chi connectivity index (χ2n) is 8.21. The van der Waals surface area contributed by atoms with Gasteiger partial charge in [-0.15, -0.1) is 4.72 Å². The number of halogens is 2. The van der Waals surface area contributed by atoms with Crippen LogP contribution in [0, 0.1) is 0 Å². The number of hydrogen-bond donors (Lipinski definition) is 1. The van der Waals surface area contributed by atoms with E-state index in [1.54, 1.807) is 32.9 Å². The summed E-state index contributed by atoms with van der Waals surface area (Å²) in [5.74, 6) is -5.34. The predicted octanol–water partition coefficient (Wildman–Crippen LogP) is 4.73. The highest BCUT2D eigenvalue weighted by molar-refractivity contribution is 7.90. The first-order chi connectivity index (χ1) is 14.4. The average molecular weight is 454 g/mol. The van der Waals surface area contributed by atoms with E-state index in [0.717, 1.165) is 12.5 Å². The zero-order chi connectivity index (χ0) is 23.3. The zero-order valence-corrected chi connectivity index (χ0v) is 19.2. The normalized spacial score (nSPS) is 15.1. The third-order valence-corrected chi connectivity index (χ3v) is 6.38. The molecule has 0 amide bonds. The van der Waals surface area contributed by atoms with Gasteiger partial charge in [0.25, 0.3) is 0 Å². The summed E-state index contributed by atoms with van der Waals surface area (Å²) >= 11 is -1.89. The van der Waals surface area contributed by atoms with Gasteiger partial charge in [-0.25, -0.2) is 4.79 Å². The smallest absolute Gasteiger partial charge is 0.379 e. The molecule has 0 radical (unpaired) electrons. The van der Waals surface area contributed by atoms with E-state index in [4.69, 9.17) is 4.74 Å². The van der Waals surface area contributed by atoms with Gasteiger partial charge in [0.2, 0.25) is 0 Å². The van der Waals surface area contributed by atoms with E-state index in [-0.39, 0.29) is 18.8 Å². The summed E-state index contributed by atoms with van der Waals surface area (Å²) in [6.45, 7) is 7.59. The van der Waals surface area contributed by atoms with Gasteiger partial charge in [-0.3, -0.25) is 0 Å². The van der Waals surface area contributed by atoms with E-state index in [0.29, 0.717) is 5.75 Å². The Morgan fingerprint density at radius 3 is 2.29 bits per heavy atom. The fourth-order valence-electron chi connectivity index (χ4n) is 2.71. The van der Waals surface area contributed by atoms with E-state index in [1.165, 1.54) is 19.1 Å². The predicted molar refractivity (Wildman–Crippen MR) is 117 cm³/mol. The van der Waals surface area contributed by atoms with Crippen LogP contribution in [0.15, 0.2) is 54.6 Å². The van der Waals surface area contributed by atoms with Crippen molar-refractivity contribution in [2.45, 2.75) is 57.4 Å². The molecular formula is C23H29F2NO4S. The van der Waals surface area contributed by atoms with Gasteiger partial charge < -0.3 is 14.0 Å². The number of nitrogens with one attached hydrogen (secondary N) is 1. The molecule has 0 spiro atoms. The maximum atomic E-state index is 15.4. The average Bonchev–Trinajstić information content (AvgIpc) is 2.72. The standard InChI is InChI=1S/C23H29F2NO4S/c1-6-29-20(27)23(24,25)22(5,26-31(28)21(2,3)4)18-13-10-14-19(15-18)30-16-17-11-8-7-9-12-17/h7-15,26H,6,16H2,1-5H3/t22-,31?/m1/s1. The Labute approximate surface area is 185 Å². The molecule has 2 aromatic rings. The molecule has 2 aromatic carbocycles. The molecule has 170 valence electrons. The van der Waals surface area contributed by atoms with Crippen LogP contribution < -0.4 is 9.46 Å². The van der Waals surface area contributed by atoms with Gasteiger partial charge in [-0.05, 0) is 57.9 Å². The lowest BCUT2D eigenvalue weighted by Crippen LogP contribution is -2.61. The van der Waals surface area contributed by atoms with Crippen molar-refractivity contribution in [3.63, 3.8) is 0 Å². The molecule has 0 bridgehead atoms. The van der Waals surface area contributed by atoms with Crippen LogP contribution in [-0.4, -0.2) is 27.8 Å². The summed E-state index contributed by atoms with van der Waals surface area (Å²) < 4.78 is 55.5. The molecule has 0 aliphatic carbocycles. The van der Waals surface area contributed by atoms with Crippen LogP contribution in [0.25, 0.3) is 0 Å². The molecule has 31 heavy (non-hydrogen) atoms. The van der Waals surface area contributed by atoms with Crippen molar-refractivity contribution in [2.75, 3.05) is 6.61 Å². The van der Waals surface area contributed by atoms with Crippen LogP contribution in [0.2, 0.25) is 0 Å². The van der Waals surface area contributed by atoms with Crippen molar-refractivity contribution in [1.29, 1.82) is 0 Å². The van der Waals surface area contributed by atoms with Crippen LogP contribution in [0.4, 0.5) is 8.78 Å². The largest absolute Gasteiger partial charge is 0.598 e. The highest BCUT2D eigenvalue weighted by atomic mass is 32.2. The SMILES string of the molecule is CCOC(=O)C(F)(F)[C@](C)(N[S+]([O-])C(C)(C)C)c1cccc(OCc2ccccc2)c1. The maximum absolute atomic E-state index is 15.4. The molecule has 0 saturated carbocycles. The van der Waals surface area contributed by atoms with E-state index < -0.39 is 33.5 Å². The Hall–Kier alpha value is -2.16. The van der Waals surface area contributed by atoms with Crippen LogP contribution in [0.1, 0.15) is 45.7 Å². The van der Waals surface area contributed by atoms with Gasteiger partial charge in [-0.1, -0.05) is 42.5 Å². The molecule has 0 saturated heterocycles. The highest BCUT2D eigenvalue weighted by Crippen LogP contribution is 2.41. The fourth-order valence-corrected chi connectivity index (χ4v) is 3.63. The van der Waals surface area contributed by atoms with Crippen molar-refractivity contribution < 1.29 is 27.6 Å². The Balaban J connectivity index is 2.42. The molecule has 0 aliphatic rings. The second kappa shape index (κ2) is 9.97. The minimum absolute atomic E-state index is 0.0497. The Bertz CT molecular complexity index is 873. The van der Waals surface area contributed by atoms with Crippen molar-refractivity contribution in [3.8, 4) is 5.75 Å². The molecule has 5 nitrogen and oxygen atoms in total. The third-order valence-electron chi connectivity index (χ3n) is 4.67. The number of ether oxygens (including phenoxy) is 2. The van der Waals surface area contributed by atoms with Gasteiger partial charge in [0.15, 0.2) is 5.54 Å². The first kappa shape index (κ1) is 25.1. The molecule has 1 N–H and O–H groups in total. The van der Waals surface area contributed by atoms with Crippen molar-refractivity contribution in [1.82, 2.24) is 4.72 Å². The first-order valence-corrected chi connectivity index (χ1v) is 11.1. The fraction of sp³-hybridized carbons (Fsp3) is 0.435. The van der Waals surface area contributed by atoms with E-state index in [2.05, 4.69) is 9.46 Å². The second-order valence-corrected chi connectivity index (χ2v) is 10.2. The molecule has 1 unspecified atom stereocenters. The summed E-state index contributed by atoms with van der Waals surface area (Å²) in [6, 6.07) is 15.4. The Morgan fingerprint density at radius 2 is 1.71 bits per heavy atom. The molecule has 2 rings (SSSR count). The highest BCUT2D eigenvalue weighted by Gasteiger charge is 2.61. The van der Waals surface area contributed by atoms with Crippen LogP contribution in [0.3, 0.4) is 0 Å². The summed E-state index contributed by atoms with van der Waals surface area (Å²) in [5, 5.41) is 0. The molecule has 0 fully saturated rings. The van der Waals surface area contributed by atoms with Crippen molar-refractivity contribution in [3.05, 3.63) is 65.7 Å². The number of carbonyl (C=O) groups excluding carboxylic acids is 1. The van der Waals surface area contributed by atoms with Crippen LogP contribution >= 0.6 is 0 Å². The lowest BCUT2D eigenvalue weighted by atomic mass is 9.86. The van der Waals surface area contributed by atoms with Gasteiger partial charge in [-0.2, -0.15) is 8.78 Å². The first-order valence-electron chi connectivity index (χ1n) is 9.94. The number of carbonyl (C=O) groups is 1. The number of esters is 1. The maximum Gasteiger partial charge on any atom is 0.379 e. The quantitative estimate of drug-likeness (QED) is 0.439. The monoisotopic (exact) mass is 453 g/mol.